The SMILES string of the molecule is CC(=O)c1cccc(NC(=O)[C@H](C)Sc2nnc(-c3ccco3)n2Cc2ccccc2)c1. The summed E-state index contributed by atoms with van der Waals surface area (Å²) in [6.45, 7) is 3.85. The third kappa shape index (κ3) is 4.97. The fourth-order valence-electron chi connectivity index (χ4n) is 3.14. The van der Waals surface area contributed by atoms with Crippen LogP contribution in [0.15, 0.2) is 82.6 Å². The zero-order valence-electron chi connectivity index (χ0n) is 17.7. The number of hydrogen-bond donors (Lipinski definition) is 1. The average Bonchev–Trinajstić information content (AvgIpc) is 3.45. The number of carbonyl (C=O) groups excluding carboxylic acids is 2. The molecule has 8 heteroatoms. The lowest BCUT2D eigenvalue weighted by molar-refractivity contribution is -0.115. The molecule has 0 aliphatic rings. The highest BCUT2D eigenvalue weighted by atomic mass is 32.2. The first-order chi connectivity index (χ1) is 15.5. The smallest absolute Gasteiger partial charge is 0.237 e. The Bertz CT molecular complexity index is 1220. The number of amides is 1. The van der Waals surface area contributed by atoms with Crippen LogP contribution < -0.4 is 5.32 Å². The van der Waals surface area contributed by atoms with E-state index in [9.17, 15) is 9.59 Å². The zero-order valence-corrected chi connectivity index (χ0v) is 18.5. The van der Waals surface area contributed by atoms with Gasteiger partial charge in [-0.2, -0.15) is 0 Å². The van der Waals surface area contributed by atoms with Crippen LogP contribution in [0.1, 0.15) is 29.8 Å². The summed E-state index contributed by atoms with van der Waals surface area (Å²) < 4.78 is 7.48. The summed E-state index contributed by atoms with van der Waals surface area (Å²) in [7, 11) is 0. The molecule has 162 valence electrons. The lowest BCUT2D eigenvalue weighted by Crippen LogP contribution is -2.23. The molecule has 1 amide bonds. The Kier molecular flexibility index (Phi) is 6.51. The van der Waals surface area contributed by atoms with Crippen molar-refractivity contribution in [3.05, 3.63) is 84.1 Å². The maximum Gasteiger partial charge on any atom is 0.237 e. The van der Waals surface area contributed by atoms with Crippen LogP contribution >= 0.6 is 11.8 Å². The van der Waals surface area contributed by atoms with E-state index >= 15 is 0 Å². The third-order valence-electron chi connectivity index (χ3n) is 4.83. The molecule has 7 nitrogen and oxygen atoms in total. The Morgan fingerprint density at radius 3 is 2.59 bits per heavy atom. The van der Waals surface area contributed by atoms with Gasteiger partial charge in [0.25, 0.3) is 0 Å². The van der Waals surface area contributed by atoms with Crippen LogP contribution in [0.3, 0.4) is 0 Å². The second-order valence-electron chi connectivity index (χ2n) is 7.24. The van der Waals surface area contributed by atoms with Crippen LogP contribution in [-0.2, 0) is 11.3 Å². The molecule has 0 aliphatic carbocycles. The molecule has 0 bridgehead atoms. The number of aromatic nitrogens is 3. The fourth-order valence-corrected chi connectivity index (χ4v) is 3.99. The normalized spacial score (nSPS) is 11.8. The molecule has 1 N–H and O–H groups in total. The van der Waals surface area contributed by atoms with Crippen molar-refractivity contribution >= 4 is 29.1 Å². The van der Waals surface area contributed by atoms with Gasteiger partial charge in [-0.05, 0) is 43.7 Å². The van der Waals surface area contributed by atoms with Crippen LogP contribution in [0.4, 0.5) is 5.69 Å². The Morgan fingerprint density at radius 1 is 1.06 bits per heavy atom. The van der Waals surface area contributed by atoms with Crippen LogP contribution in [0, 0.1) is 0 Å². The Hall–Kier alpha value is -3.65. The van der Waals surface area contributed by atoms with Crippen molar-refractivity contribution in [2.24, 2.45) is 0 Å². The van der Waals surface area contributed by atoms with E-state index in [1.807, 2.05) is 47.9 Å². The Morgan fingerprint density at radius 2 is 1.88 bits per heavy atom. The van der Waals surface area contributed by atoms with E-state index in [1.54, 1.807) is 36.6 Å². The Labute approximate surface area is 189 Å². The van der Waals surface area contributed by atoms with Crippen molar-refractivity contribution < 1.29 is 14.0 Å². The Balaban J connectivity index is 1.54. The second-order valence-corrected chi connectivity index (χ2v) is 8.55. The van der Waals surface area contributed by atoms with E-state index in [1.165, 1.54) is 18.7 Å². The van der Waals surface area contributed by atoms with Crippen LogP contribution in [0.25, 0.3) is 11.6 Å². The molecular weight excluding hydrogens is 424 g/mol. The number of nitrogens with zero attached hydrogens (tertiary/aromatic N) is 3. The van der Waals surface area contributed by atoms with E-state index in [0.29, 0.717) is 34.5 Å². The monoisotopic (exact) mass is 446 g/mol. The predicted molar refractivity (Wildman–Crippen MR) is 124 cm³/mol. The van der Waals surface area contributed by atoms with Gasteiger partial charge in [0.05, 0.1) is 18.1 Å². The number of thioether (sulfide) groups is 1. The summed E-state index contributed by atoms with van der Waals surface area (Å²) in [5.74, 6) is 0.967. The molecule has 2 aromatic heterocycles. The maximum atomic E-state index is 12.8. The summed E-state index contributed by atoms with van der Waals surface area (Å²) in [6, 6.07) is 20.5. The standard InChI is InChI=1S/C24H22N4O3S/c1-16(29)19-10-6-11-20(14-19)25-23(30)17(2)32-24-27-26-22(21-12-7-13-31-21)28(24)15-18-8-4-3-5-9-18/h3-14,17H,15H2,1-2H3,(H,25,30)/t17-/m0/s1. The number of benzene rings is 2. The topological polar surface area (TPSA) is 90.0 Å². The average molecular weight is 447 g/mol. The number of hydrogen-bond acceptors (Lipinski definition) is 6. The first kappa shape index (κ1) is 21.6. The van der Waals surface area contributed by atoms with Gasteiger partial charge in [0, 0.05) is 11.3 Å². The van der Waals surface area contributed by atoms with Crippen molar-refractivity contribution in [2.75, 3.05) is 5.32 Å². The van der Waals surface area contributed by atoms with Crippen LogP contribution in [0.5, 0.6) is 0 Å². The first-order valence-corrected chi connectivity index (χ1v) is 11.0. The predicted octanol–water partition coefficient (Wildman–Crippen LogP) is 4.91. The summed E-state index contributed by atoms with van der Waals surface area (Å²) >= 11 is 1.31. The molecule has 0 unspecified atom stereocenters. The summed E-state index contributed by atoms with van der Waals surface area (Å²) in [5.41, 5.74) is 2.21. The number of Topliss-reactive ketones (excluding diaryl/α,β-unsaturated/α-hetero) is 1. The summed E-state index contributed by atoms with van der Waals surface area (Å²) in [4.78, 5) is 24.4. The van der Waals surface area contributed by atoms with Crippen LogP contribution in [-0.4, -0.2) is 31.7 Å². The van der Waals surface area contributed by atoms with Gasteiger partial charge in [0.1, 0.15) is 0 Å². The molecule has 4 aromatic rings. The number of furan rings is 1. The highest BCUT2D eigenvalue weighted by molar-refractivity contribution is 8.00. The quantitative estimate of drug-likeness (QED) is 0.306. The number of carbonyl (C=O) groups is 2. The highest BCUT2D eigenvalue weighted by Gasteiger charge is 2.22. The van der Waals surface area contributed by atoms with Gasteiger partial charge in [0.15, 0.2) is 16.7 Å². The van der Waals surface area contributed by atoms with Crippen molar-refractivity contribution in [2.45, 2.75) is 30.8 Å². The van der Waals surface area contributed by atoms with Crippen molar-refractivity contribution in [1.29, 1.82) is 0 Å². The number of ketones is 1. The molecule has 2 heterocycles. The van der Waals surface area contributed by atoms with Gasteiger partial charge in [0.2, 0.25) is 11.7 Å². The molecule has 1 atom stereocenters. The molecule has 2 aromatic carbocycles. The summed E-state index contributed by atoms with van der Waals surface area (Å²) in [5, 5.41) is 11.7. The maximum absolute atomic E-state index is 12.8. The summed E-state index contributed by atoms with van der Waals surface area (Å²) in [6.07, 6.45) is 1.59. The largest absolute Gasteiger partial charge is 0.461 e. The molecule has 4 rings (SSSR count). The van der Waals surface area contributed by atoms with Gasteiger partial charge in [-0.1, -0.05) is 54.2 Å². The lowest BCUT2D eigenvalue weighted by Gasteiger charge is -2.14. The van der Waals surface area contributed by atoms with Gasteiger partial charge in [-0.3, -0.25) is 14.2 Å². The molecule has 0 radical (unpaired) electrons. The minimum absolute atomic E-state index is 0.0528. The number of rotatable bonds is 8. The number of nitrogens with one attached hydrogen (secondary N) is 1. The van der Waals surface area contributed by atoms with E-state index in [-0.39, 0.29) is 11.7 Å². The first-order valence-electron chi connectivity index (χ1n) is 10.1. The highest BCUT2D eigenvalue weighted by Crippen LogP contribution is 2.28. The lowest BCUT2D eigenvalue weighted by atomic mass is 10.1. The van der Waals surface area contributed by atoms with Crippen molar-refractivity contribution in [3.63, 3.8) is 0 Å². The number of anilines is 1. The molecule has 0 saturated carbocycles. The minimum atomic E-state index is -0.445. The molecule has 0 aliphatic heterocycles. The molecule has 0 saturated heterocycles. The van der Waals surface area contributed by atoms with E-state index in [2.05, 4.69) is 15.5 Å². The van der Waals surface area contributed by atoms with Gasteiger partial charge in [-0.25, -0.2) is 0 Å². The van der Waals surface area contributed by atoms with Gasteiger partial charge < -0.3 is 9.73 Å². The van der Waals surface area contributed by atoms with Gasteiger partial charge >= 0.3 is 0 Å². The molecule has 32 heavy (non-hydrogen) atoms. The minimum Gasteiger partial charge on any atom is -0.461 e. The van der Waals surface area contributed by atoms with E-state index in [4.69, 9.17) is 4.42 Å². The van der Waals surface area contributed by atoms with Crippen LogP contribution in [0.2, 0.25) is 0 Å². The molecular formula is C24H22N4O3S. The van der Waals surface area contributed by atoms with E-state index < -0.39 is 5.25 Å². The fraction of sp³-hybridized carbons (Fsp3) is 0.167. The third-order valence-corrected chi connectivity index (χ3v) is 5.91. The molecule has 0 fully saturated rings. The van der Waals surface area contributed by atoms with Crippen molar-refractivity contribution in [3.8, 4) is 11.6 Å². The van der Waals surface area contributed by atoms with Crippen molar-refractivity contribution in [1.82, 2.24) is 14.8 Å². The second kappa shape index (κ2) is 9.65. The van der Waals surface area contributed by atoms with Gasteiger partial charge in [-0.15, -0.1) is 10.2 Å². The van der Waals surface area contributed by atoms with E-state index in [0.717, 1.165) is 5.56 Å². The molecule has 0 spiro atoms. The zero-order chi connectivity index (χ0) is 22.5.